The molecule has 4 heterocycles. The van der Waals surface area contributed by atoms with Crippen LogP contribution < -0.4 is 15.6 Å². The van der Waals surface area contributed by atoms with Crippen LogP contribution >= 0.6 is 0 Å². The average molecular weight is 1050 g/mol. The highest BCUT2D eigenvalue weighted by Gasteiger charge is 2.43. The lowest BCUT2D eigenvalue weighted by atomic mass is 9.72. The first-order valence-corrected chi connectivity index (χ1v) is 27.4. The van der Waals surface area contributed by atoms with Gasteiger partial charge in [0.2, 0.25) is 11.2 Å². The number of nitrogens with zero attached hydrogens (tertiary/aromatic N) is 3. The van der Waals surface area contributed by atoms with Crippen LogP contribution in [0.4, 0.5) is 0 Å². The van der Waals surface area contributed by atoms with Crippen LogP contribution in [0.3, 0.4) is 0 Å². The molecule has 14 nitrogen and oxygen atoms in total. The summed E-state index contributed by atoms with van der Waals surface area (Å²) in [6.07, 6.45) is 5.22. The summed E-state index contributed by atoms with van der Waals surface area (Å²) in [5.41, 5.74) is 3.68. The Bertz CT molecular complexity index is 3230. The normalized spacial score (nSPS) is 17.1. The van der Waals surface area contributed by atoms with Gasteiger partial charge in [-0.05, 0) is 152 Å². The summed E-state index contributed by atoms with van der Waals surface area (Å²) in [6.45, 7) is 6.64. The number of piperidine rings is 3. The van der Waals surface area contributed by atoms with E-state index in [0.29, 0.717) is 83.6 Å². The van der Waals surface area contributed by atoms with Crippen LogP contribution in [0.25, 0.3) is 10.9 Å². The Morgan fingerprint density at radius 1 is 0.705 bits per heavy atom. The molecule has 3 aliphatic heterocycles. The first-order valence-electron chi connectivity index (χ1n) is 27.4. The lowest BCUT2D eigenvalue weighted by molar-refractivity contribution is -0.164. The SMILES string of the molecule is O=C(c1ccc(CCNC[C@H](O)c2ccc(O)c3[nH]c(=O)ccc23)cc1)N1CCC2(CCCN(C(=O)c3ccc(COc4cccc(C(O)(C(=O)OCC5CCN(Cc6ccccc6)CC5)c5ccccc5)c4)cc3)C2)CC1. The quantitative estimate of drug-likeness (QED) is 0.0410. The van der Waals surface area contributed by atoms with Crippen LogP contribution in [0, 0.1) is 11.3 Å². The molecule has 10 rings (SSSR count). The molecule has 404 valence electrons. The number of esters is 1. The number of ether oxygens (including phenoxy) is 2. The van der Waals surface area contributed by atoms with Gasteiger partial charge in [-0.2, -0.15) is 0 Å². The van der Waals surface area contributed by atoms with Crippen molar-refractivity contribution in [2.45, 2.75) is 69.8 Å². The number of hydrogen-bond acceptors (Lipinski definition) is 11. The molecule has 1 unspecified atom stereocenters. The molecule has 3 fully saturated rings. The molecular weight excluding hydrogens is 983 g/mol. The van der Waals surface area contributed by atoms with Gasteiger partial charge in [-0.15, -0.1) is 0 Å². The van der Waals surface area contributed by atoms with Crippen molar-refractivity contribution in [3.63, 3.8) is 0 Å². The summed E-state index contributed by atoms with van der Waals surface area (Å²) < 4.78 is 12.2. The first-order chi connectivity index (χ1) is 37.9. The number of aliphatic hydroxyl groups excluding tert-OH is 1. The molecular formula is C64H69N5O9. The molecule has 0 aliphatic carbocycles. The summed E-state index contributed by atoms with van der Waals surface area (Å²) in [5.74, 6) is -0.103. The summed E-state index contributed by atoms with van der Waals surface area (Å²) in [6, 6.07) is 47.5. The van der Waals surface area contributed by atoms with Crippen molar-refractivity contribution in [3.8, 4) is 11.5 Å². The highest BCUT2D eigenvalue weighted by Crippen LogP contribution is 2.41. The third-order valence-electron chi connectivity index (χ3n) is 16.2. The molecule has 5 N–H and O–H groups in total. The van der Waals surface area contributed by atoms with E-state index in [1.807, 2.05) is 70.5 Å². The number of phenols is 1. The number of phenolic OH excluding ortho intramolecular Hbond substituents is 1. The number of aromatic amines is 1. The summed E-state index contributed by atoms with van der Waals surface area (Å²) in [5, 5.41) is 37.3. The van der Waals surface area contributed by atoms with E-state index in [9.17, 15) is 34.5 Å². The van der Waals surface area contributed by atoms with Crippen molar-refractivity contribution in [2.75, 3.05) is 59.0 Å². The van der Waals surface area contributed by atoms with E-state index < -0.39 is 17.7 Å². The number of benzene rings is 6. The first kappa shape index (κ1) is 53.8. The molecule has 78 heavy (non-hydrogen) atoms. The van der Waals surface area contributed by atoms with Crippen molar-refractivity contribution < 1.29 is 39.2 Å². The smallest absolute Gasteiger partial charge is 0.347 e. The molecule has 3 aliphatic rings. The predicted octanol–water partition coefficient (Wildman–Crippen LogP) is 8.53. The molecule has 2 atom stereocenters. The number of likely N-dealkylation sites (tertiary alicyclic amines) is 3. The highest BCUT2D eigenvalue weighted by atomic mass is 16.5. The maximum absolute atomic E-state index is 14.0. The predicted molar refractivity (Wildman–Crippen MR) is 299 cm³/mol. The van der Waals surface area contributed by atoms with E-state index >= 15 is 0 Å². The van der Waals surface area contributed by atoms with E-state index in [2.05, 4.69) is 39.5 Å². The van der Waals surface area contributed by atoms with Crippen LogP contribution in [0.15, 0.2) is 163 Å². The fourth-order valence-electron chi connectivity index (χ4n) is 11.5. The Morgan fingerprint density at radius 2 is 1.37 bits per heavy atom. The minimum atomic E-state index is -2.05. The van der Waals surface area contributed by atoms with Gasteiger partial charge in [0.15, 0.2) is 0 Å². The number of H-pyrrole nitrogens is 1. The van der Waals surface area contributed by atoms with E-state index in [1.54, 1.807) is 60.7 Å². The average Bonchev–Trinajstić information content (AvgIpc) is 3.56. The number of aromatic nitrogens is 1. The second kappa shape index (κ2) is 24.4. The van der Waals surface area contributed by atoms with Gasteiger partial charge in [0, 0.05) is 67.4 Å². The zero-order valence-corrected chi connectivity index (χ0v) is 44.0. The van der Waals surface area contributed by atoms with Crippen molar-refractivity contribution in [1.82, 2.24) is 25.0 Å². The number of hydrogen-bond donors (Lipinski definition) is 5. The van der Waals surface area contributed by atoms with Crippen LogP contribution in [0.5, 0.6) is 11.5 Å². The van der Waals surface area contributed by atoms with Gasteiger partial charge in [0.1, 0.15) is 18.1 Å². The van der Waals surface area contributed by atoms with Gasteiger partial charge < -0.3 is 44.9 Å². The zero-order valence-electron chi connectivity index (χ0n) is 44.0. The summed E-state index contributed by atoms with van der Waals surface area (Å²) >= 11 is 0. The molecule has 1 spiro atoms. The lowest BCUT2D eigenvalue weighted by Crippen LogP contribution is -2.52. The molecule has 1 aromatic heterocycles. The summed E-state index contributed by atoms with van der Waals surface area (Å²) in [7, 11) is 0. The molecule has 0 bridgehead atoms. The van der Waals surface area contributed by atoms with Gasteiger partial charge in [0.25, 0.3) is 11.8 Å². The number of rotatable bonds is 18. The Morgan fingerprint density at radius 3 is 2.09 bits per heavy atom. The van der Waals surface area contributed by atoms with Gasteiger partial charge in [-0.3, -0.25) is 19.3 Å². The second-order valence-corrected chi connectivity index (χ2v) is 21.5. The topological polar surface area (TPSA) is 185 Å². The van der Waals surface area contributed by atoms with E-state index in [0.717, 1.165) is 69.3 Å². The van der Waals surface area contributed by atoms with E-state index in [-0.39, 0.29) is 54.2 Å². The number of fused-ring (bicyclic) bond motifs is 1. The molecule has 7 aromatic rings. The maximum Gasteiger partial charge on any atom is 0.347 e. The monoisotopic (exact) mass is 1050 g/mol. The van der Waals surface area contributed by atoms with Gasteiger partial charge in [0.05, 0.1) is 18.2 Å². The van der Waals surface area contributed by atoms with Crippen LogP contribution in [-0.4, -0.2) is 112 Å². The molecule has 0 saturated carbocycles. The Labute approximate surface area is 455 Å². The number of carbonyl (C=O) groups is 3. The standard InChI is InChI=1S/C64H69N5O9/c70-56-25-23-54(55-24-26-58(72)66-59(55)56)57(71)40-65-33-27-45-15-19-49(20-16-45)60(73)68-37-31-63(32-38-68)30-8-34-69(44-63)61(74)50-21-17-47(18-22-50)42-77-53-14-7-13-52(39-53)64(76,51-11-5-2-6-12-51)62(75)78-43-48-28-35-67(36-29-48)41-46-9-3-1-4-10-46/h1-7,9-26,39,48,57,65,70-71,76H,8,27-38,40-44H2,(H,66,72)/t57-,64?/m0/s1. The van der Waals surface area contributed by atoms with Crippen molar-refractivity contribution in [3.05, 3.63) is 213 Å². The molecule has 14 heteroatoms. The number of aromatic hydroxyl groups is 1. The van der Waals surface area contributed by atoms with Crippen LogP contribution in [0.2, 0.25) is 0 Å². The molecule has 0 radical (unpaired) electrons. The van der Waals surface area contributed by atoms with Crippen molar-refractivity contribution in [2.24, 2.45) is 11.3 Å². The van der Waals surface area contributed by atoms with Crippen LogP contribution in [0.1, 0.15) is 98.7 Å². The third-order valence-corrected chi connectivity index (χ3v) is 16.2. The Hall–Kier alpha value is -7.62. The highest BCUT2D eigenvalue weighted by molar-refractivity contribution is 5.95. The summed E-state index contributed by atoms with van der Waals surface area (Å²) in [4.78, 5) is 62.4. The second-order valence-electron chi connectivity index (χ2n) is 21.5. The number of amides is 2. The van der Waals surface area contributed by atoms with Crippen LogP contribution in [-0.2, 0) is 34.7 Å². The number of carbonyl (C=O) groups excluding carboxylic acids is 3. The minimum Gasteiger partial charge on any atom is -0.506 e. The Kier molecular flexibility index (Phi) is 16.8. The van der Waals surface area contributed by atoms with Gasteiger partial charge in [-0.25, -0.2) is 4.79 Å². The fourth-order valence-corrected chi connectivity index (χ4v) is 11.5. The Balaban J connectivity index is 0.676. The fraction of sp³-hybridized carbons (Fsp3) is 0.344. The lowest BCUT2D eigenvalue weighted by Gasteiger charge is -2.47. The number of aliphatic hydroxyl groups is 2. The van der Waals surface area contributed by atoms with Crippen molar-refractivity contribution in [1.29, 1.82) is 0 Å². The van der Waals surface area contributed by atoms with Crippen molar-refractivity contribution >= 4 is 28.7 Å². The number of pyridine rings is 1. The largest absolute Gasteiger partial charge is 0.506 e. The number of nitrogens with one attached hydrogen (secondary N) is 2. The molecule has 3 saturated heterocycles. The van der Waals surface area contributed by atoms with E-state index in [1.165, 1.54) is 17.7 Å². The van der Waals surface area contributed by atoms with Gasteiger partial charge >= 0.3 is 5.97 Å². The minimum absolute atomic E-state index is 0.00584. The zero-order chi connectivity index (χ0) is 54.1. The third kappa shape index (κ3) is 12.5. The molecule has 2 amide bonds. The van der Waals surface area contributed by atoms with Gasteiger partial charge in [-0.1, -0.05) is 103 Å². The van der Waals surface area contributed by atoms with E-state index in [4.69, 9.17) is 9.47 Å². The molecule has 6 aromatic carbocycles. The maximum atomic E-state index is 14.0.